The number of nitro benzene ring substituents is 1. The summed E-state index contributed by atoms with van der Waals surface area (Å²) in [5.74, 6) is -0.299. The molecule has 0 amide bonds. The van der Waals surface area contributed by atoms with Crippen molar-refractivity contribution >= 4 is 5.69 Å². The Morgan fingerprint density at radius 2 is 1.91 bits per heavy atom. The summed E-state index contributed by atoms with van der Waals surface area (Å²) in [7, 11) is 0. The topological polar surface area (TPSA) is 63.4 Å². The van der Waals surface area contributed by atoms with Crippen molar-refractivity contribution in [3.63, 3.8) is 0 Å². The molecule has 63 valence electrons. The Labute approximate surface area is 73.5 Å². The number of phenolic OH excluding ortho intramolecular Hbond substituents is 1. The summed E-state index contributed by atoms with van der Waals surface area (Å²) in [6, 6.07) is 5.55. The van der Waals surface area contributed by atoms with Crippen molar-refractivity contribution in [3.05, 3.63) is 34.4 Å². The second-order valence-electron chi connectivity index (χ2n) is 1.75. The van der Waals surface area contributed by atoms with Crippen molar-refractivity contribution in [2.24, 2.45) is 0 Å². The van der Waals surface area contributed by atoms with E-state index in [0.717, 1.165) is 0 Å². The molecule has 1 rings (SSSR count). The molecule has 0 aliphatic carbocycles. The van der Waals surface area contributed by atoms with Gasteiger partial charge in [0.2, 0.25) is 0 Å². The van der Waals surface area contributed by atoms with Gasteiger partial charge >= 0.3 is 5.69 Å². The fourth-order valence-electron chi connectivity index (χ4n) is 0.619. The first-order valence-corrected chi connectivity index (χ1v) is 2.64. The van der Waals surface area contributed by atoms with E-state index in [1.165, 1.54) is 24.3 Å². The molecule has 1 aromatic carbocycles. The molecule has 11 heavy (non-hydrogen) atoms. The van der Waals surface area contributed by atoms with Crippen molar-refractivity contribution in [2.45, 2.75) is 0 Å². The van der Waals surface area contributed by atoms with E-state index in [0.29, 0.717) is 0 Å². The summed E-state index contributed by atoms with van der Waals surface area (Å²) < 4.78 is 0. The monoisotopic (exact) mass is 202 g/mol. The van der Waals surface area contributed by atoms with Gasteiger partial charge in [0.15, 0.2) is 5.75 Å². The van der Waals surface area contributed by atoms with Gasteiger partial charge in [0, 0.05) is 23.1 Å². The van der Waals surface area contributed by atoms with Crippen LogP contribution in [0.15, 0.2) is 24.3 Å². The van der Waals surface area contributed by atoms with E-state index in [-0.39, 0.29) is 28.5 Å². The fraction of sp³-hybridized carbons (Fsp3) is 0. The molecule has 1 aromatic rings. The summed E-state index contributed by atoms with van der Waals surface area (Å²) >= 11 is 0. The molecular weight excluding hydrogens is 198 g/mol. The number of nitro groups is 1. The maximum atomic E-state index is 10.1. The van der Waals surface area contributed by atoms with Gasteiger partial charge in [-0.25, -0.2) is 0 Å². The van der Waals surface area contributed by atoms with Crippen LogP contribution in [0.25, 0.3) is 0 Å². The van der Waals surface area contributed by atoms with Gasteiger partial charge in [-0.2, -0.15) is 0 Å². The van der Waals surface area contributed by atoms with Gasteiger partial charge in [-0.3, -0.25) is 10.1 Å². The summed E-state index contributed by atoms with van der Waals surface area (Å²) in [6.07, 6.45) is 0. The summed E-state index contributed by atoms with van der Waals surface area (Å²) in [6.45, 7) is 0. The molecule has 0 heterocycles. The van der Waals surface area contributed by atoms with Crippen LogP contribution in [0.4, 0.5) is 5.69 Å². The van der Waals surface area contributed by atoms with Gasteiger partial charge in [-0.1, -0.05) is 12.1 Å². The summed E-state index contributed by atoms with van der Waals surface area (Å²) in [5.41, 5.74) is -0.262. The molecule has 1 radical (unpaired) electrons. The number of phenols is 1. The van der Waals surface area contributed by atoms with Gasteiger partial charge in [0.1, 0.15) is 0 Å². The molecule has 0 saturated heterocycles. The first-order chi connectivity index (χ1) is 4.72. The zero-order valence-corrected chi connectivity index (χ0v) is 6.26. The predicted molar refractivity (Wildman–Crippen MR) is 34.8 cm³/mol. The molecule has 5 heteroatoms. The van der Waals surface area contributed by atoms with Gasteiger partial charge in [0.05, 0.1) is 4.92 Å². The molecule has 0 spiro atoms. The summed E-state index contributed by atoms with van der Waals surface area (Å²) in [4.78, 5) is 9.44. The SMILES string of the molecule is O=[N+]([O-])c1ccccc1O.[Cu]. The zero-order valence-electron chi connectivity index (χ0n) is 5.32. The predicted octanol–water partition coefficient (Wildman–Crippen LogP) is 1.30. The zero-order chi connectivity index (χ0) is 7.56. The molecule has 0 fully saturated rings. The molecule has 0 saturated carbocycles. The third kappa shape index (κ3) is 2.22. The van der Waals surface area contributed by atoms with Gasteiger partial charge in [-0.05, 0) is 6.07 Å². The molecule has 0 aliphatic rings. The Balaban J connectivity index is 0.000001000. The van der Waals surface area contributed by atoms with E-state index in [1.807, 2.05) is 0 Å². The minimum atomic E-state index is -0.630. The number of nitrogens with zero attached hydrogens (tertiary/aromatic N) is 1. The normalized spacial score (nSPS) is 8.36. The smallest absolute Gasteiger partial charge is 0.310 e. The Morgan fingerprint density at radius 3 is 2.27 bits per heavy atom. The molecular formula is C6H5CuNO3. The summed E-state index contributed by atoms with van der Waals surface area (Å²) in [5, 5.41) is 18.9. The molecule has 0 unspecified atom stereocenters. The van der Waals surface area contributed by atoms with Crippen LogP contribution in [0.5, 0.6) is 5.75 Å². The van der Waals surface area contributed by atoms with Crippen LogP contribution < -0.4 is 0 Å². The second kappa shape index (κ2) is 3.95. The van der Waals surface area contributed by atoms with Crippen molar-refractivity contribution in [3.8, 4) is 5.75 Å². The Morgan fingerprint density at radius 1 is 1.36 bits per heavy atom. The number of benzene rings is 1. The van der Waals surface area contributed by atoms with Crippen LogP contribution in [0.2, 0.25) is 0 Å². The fourth-order valence-corrected chi connectivity index (χ4v) is 0.619. The minimum Gasteiger partial charge on any atom is -0.502 e. The van der Waals surface area contributed by atoms with Crippen LogP contribution in [0.3, 0.4) is 0 Å². The van der Waals surface area contributed by atoms with Crippen LogP contribution in [-0.2, 0) is 17.1 Å². The molecule has 0 aromatic heterocycles. The average molecular weight is 203 g/mol. The largest absolute Gasteiger partial charge is 0.502 e. The maximum Gasteiger partial charge on any atom is 0.310 e. The average Bonchev–Trinajstić information content (AvgIpc) is 1.88. The standard InChI is InChI=1S/C6H5NO3.Cu/c8-6-4-2-1-3-5(6)7(9)10;/h1-4,8H;. The van der Waals surface area contributed by atoms with Gasteiger partial charge < -0.3 is 5.11 Å². The van der Waals surface area contributed by atoms with Crippen LogP contribution in [0.1, 0.15) is 0 Å². The number of para-hydroxylation sites is 2. The van der Waals surface area contributed by atoms with Crippen molar-refractivity contribution in [2.75, 3.05) is 0 Å². The Bertz CT molecular complexity index is 264. The van der Waals surface area contributed by atoms with E-state index in [4.69, 9.17) is 5.11 Å². The van der Waals surface area contributed by atoms with Gasteiger partial charge in [-0.15, -0.1) is 0 Å². The number of rotatable bonds is 1. The number of aromatic hydroxyl groups is 1. The first kappa shape index (κ1) is 9.94. The number of hydrogen-bond acceptors (Lipinski definition) is 3. The Hall–Kier alpha value is -1.06. The van der Waals surface area contributed by atoms with Crippen molar-refractivity contribution in [1.29, 1.82) is 0 Å². The first-order valence-electron chi connectivity index (χ1n) is 2.64. The third-order valence-corrected chi connectivity index (χ3v) is 1.08. The van der Waals surface area contributed by atoms with Crippen molar-refractivity contribution in [1.82, 2.24) is 0 Å². The van der Waals surface area contributed by atoms with Gasteiger partial charge in [0.25, 0.3) is 0 Å². The van der Waals surface area contributed by atoms with E-state index < -0.39 is 4.92 Å². The molecule has 4 nitrogen and oxygen atoms in total. The minimum absolute atomic E-state index is 0. The van der Waals surface area contributed by atoms with Crippen LogP contribution in [-0.4, -0.2) is 10.0 Å². The van der Waals surface area contributed by atoms with Crippen LogP contribution >= 0.6 is 0 Å². The van der Waals surface area contributed by atoms with E-state index in [2.05, 4.69) is 0 Å². The number of hydrogen-bond donors (Lipinski definition) is 1. The molecule has 0 aliphatic heterocycles. The second-order valence-corrected chi connectivity index (χ2v) is 1.75. The quantitative estimate of drug-likeness (QED) is 0.424. The Kier molecular flexibility index (Phi) is 3.57. The van der Waals surface area contributed by atoms with Crippen molar-refractivity contribution < 1.29 is 27.1 Å². The van der Waals surface area contributed by atoms with E-state index >= 15 is 0 Å². The molecule has 1 N–H and O–H groups in total. The maximum absolute atomic E-state index is 10.1. The van der Waals surface area contributed by atoms with E-state index in [9.17, 15) is 10.1 Å². The van der Waals surface area contributed by atoms with Crippen LogP contribution in [0, 0.1) is 10.1 Å². The van der Waals surface area contributed by atoms with E-state index in [1.54, 1.807) is 0 Å². The molecule has 0 bridgehead atoms. The molecule has 0 atom stereocenters. The third-order valence-electron chi connectivity index (χ3n) is 1.08.